The lowest BCUT2D eigenvalue weighted by Crippen LogP contribution is -2.37. The van der Waals surface area contributed by atoms with E-state index in [0.29, 0.717) is 5.41 Å². The first kappa shape index (κ1) is 15.7. The van der Waals surface area contributed by atoms with Crippen LogP contribution >= 0.6 is 0 Å². The average Bonchev–Trinajstić information content (AvgIpc) is 2.54. The van der Waals surface area contributed by atoms with Crippen LogP contribution in [-0.2, 0) is 4.79 Å². The second-order valence-electron chi connectivity index (χ2n) is 7.40. The van der Waals surface area contributed by atoms with Crippen molar-refractivity contribution < 1.29 is 4.79 Å². The fourth-order valence-corrected chi connectivity index (χ4v) is 2.92. The molecule has 0 bridgehead atoms. The van der Waals surface area contributed by atoms with Crippen LogP contribution in [0.3, 0.4) is 0 Å². The Kier molecular flexibility index (Phi) is 5.39. The summed E-state index contributed by atoms with van der Waals surface area (Å²) in [5.74, 6) is 0.826. The lowest BCUT2D eigenvalue weighted by Gasteiger charge is -2.31. The Morgan fingerprint density at radius 3 is 2.33 bits per heavy atom. The molecule has 0 N–H and O–H groups in total. The highest BCUT2D eigenvalue weighted by Crippen LogP contribution is 2.34. The van der Waals surface area contributed by atoms with Gasteiger partial charge in [-0.3, -0.25) is 0 Å². The number of hydrogen-bond acceptors (Lipinski definition) is 2. The highest BCUT2D eigenvalue weighted by atomic mass is 16.1. The first-order valence-electron chi connectivity index (χ1n) is 7.49. The Hall–Kier alpha value is -0.370. The molecular formula is C16H31NO. The number of carbonyl (C=O) groups is 1. The fourth-order valence-electron chi connectivity index (χ4n) is 2.92. The fraction of sp³-hybridized carbons (Fsp3) is 0.938. The topological polar surface area (TPSA) is 20.3 Å². The van der Waals surface area contributed by atoms with Gasteiger partial charge in [0.25, 0.3) is 0 Å². The third-order valence-electron chi connectivity index (χ3n) is 4.72. The quantitative estimate of drug-likeness (QED) is 0.711. The largest absolute Gasteiger partial charge is 0.303 e. The van der Waals surface area contributed by atoms with Crippen LogP contribution in [0.25, 0.3) is 0 Å². The second-order valence-corrected chi connectivity index (χ2v) is 7.40. The normalized spacial score (nSPS) is 26.4. The molecule has 0 saturated carbocycles. The molecule has 0 amide bonds. The number of rotatable bonds is 4. The van der Waals surface area contributed by atoms with Crippen LogP contribution in [0.5, 0.6) is 0 Å². The molecule has 2 nitrogen and oxygen atoms in total. The van der Waals surface area contributed by atoms with Gasteiger partial charge in [0.15, 0.2) is 0 Å². The van der Waals surface area contributed by atoms with Gasteiger partial charge in [-0.15, -0.1) is 0 Å². The molecule has 1 aliphatic heterocycles. The van der Waals surface area contributed by atoms with Gasteiger partial charge >= 0.3 is 0 Å². The van der Waals surface area contributed by atoms with E-state index in [0.717, 1.165) is 38.3 Å². The third-order valence-corrected chi connectivity index (χ3v) is 4.72. The van der Waals surface area contributed by atoms with Crippen molar-refractivity contribution >= 4 is 6.29 Å². The summed E-state index contributed by atoms with van der Waals surface area (Å²) in [7, 11) is 0. The molecular weight excluding hydrogens is 222 g/mol. The van der Waals surface area contributed by atoms with Gasteiger partial charge in [-0.2, -0.15) is 0 Å². The summed E-state index contributed by atoms with van der Waals surface area (Å²) in [4.78, 5) is 13.7. The van der Waals surface area contributed by atoms with E-state index in [-0.39, 0.29) is 5.41 Å². The summed E-state index contributed by atoms with van der Waals surface area (Å²) >= 11 is 0. The summed E-state index contributed by atoms with van der Waals surface area (Å²) in [6.07, 6.45) is 5.99. The summed E-state index contributed by atoms with van der Waals surface area (Å²) in [6, 6.07) is 0. The Labute approximate surface area is 113 Å². The van der Waals surface area contributed by atoms with E-state index in [4.69, 9.17) is 0 Å². The van der Waals surface area contributed by atoms with Crippen molar-refractivity contribution in [3.8, 4) is 0 Å². The summed E-state index contributed by atoms with van der Waals surface area (Å²) in [5, 5.41) is 0. The molecule has 1 saturated heterocycles. The standard InChI is InChI=1S/C16H31NO/c1-6-16(5,13-18)12-17-10-7-8-14(9-11-17)15(2,3)4/h13-14H,6-12H2,1-5H3. The van der Waals surface area contributed by atoms with E-state index in [1.807, 2.05) is 0 Å². The van der Waals surface area contributed by atoms with E-state index in [2.05, 4.69) is 39.5 Å². The minimum atomic E-state index is -0.151. The molecule has 106 valence electrons. The average molecular weight is 253 g/mol. The van der Waals surface area contributed by atoms with Crippen LogP contribution in [0, 0.1) is 16.7 Å². The summed E-state index contributed by atoms with van der Waals surface area (Å²) < 4.78 is 0. The van der Waals surface area contributed by atoms with E-state index >= 15 is 0 Å². The maximum atomic E-state index is 11.2. The lowest BCUT2D eigenvalue weighted by atomic mass is 9.77. The molecule has 18 heavy (non-hydrogen) atoms. The van der Waals surface area contributed by atoms with Crippen molar-refractivity contribution in [2.24, 2.45) is 16.7 Å². The van der Waals surface area contributed by atoms with Gasteiger partial charge in [0.2, 0.25) is 0 Å². The Morgan fingerprint density at radius 2 is 1.83 bits per heavy atom. The Balaban J connectivity index is 2.55. The van der Waals surface area contributed by atoms with Crippen LogP contribution in [0.1, 0.15) is 60.3 Å². The van der Waals surface area contributed by atoms with Crippen molar-refractivity contribution in [2.75, 3.05) is 19.6 Å². The number of hydrogen-bond donors (Lipinski definition) is 0. The van der Waals surface area contributed by atoms with Gasteiger partial charge in [0.1, 0.15) is 6.29 Å². The zero-order valence-electron chi connectivity index (χ0n) is 13.0. The van der Waals surface area contributed by atoms with Crippen molar-refractivity contribution in [1.29, 1.82) is 0 Å². The molecule has 2 unspecified atom stereocenters. The van der Waals surface area contributed by atoms with Gasteiger partial charge in [-0.05, 0) is 50.1 Å². The maximum Gasteiger partial charge on any atom is 0.127 e. The minimum absolute atomic E-state index is 0.151. The zero-order chi connectivity index (χ0) is 13.8. The minimum Gasteiger partial charge on any atom is -0.303 e. The van der Waals surface area contributed by atoms with Gasteiger partial charge in [0.05, 0.1) is 0 Å². The first-order valence-corrected chi connectivity index (χ1v) is 7.49. The van der Waals surface area contributed by atoms with Crippen LogP contribution in [0.15, 0.2) is 0 Å². The van der Waals surface area contributed by atoms with E-state index in [1.165, 1.54) is 19.3 Å². The molecule has 0 spiro atoms. The number of carbonyl (C=O) groups excluding carboxylic acids is 1. The summed E-state index contributed by atoms with van der Waals surface area (Å²) in [5.41, 5.74) is 0.274. The van der Waals surface area contributed by atoms with Crippen LogP contribution < -0.4 is 0 Å². The highest BCUT2D eigenvalue weighted by Gasteiger charge is 2.30. The first-order chi connectivity index (χ1) is 8.30. The molecule has 2 heteroatoms. The molecule has 0 radical (unpaired) electrons. The van der Waals surface area contributed by atoms with E-state index in [9.17, 15) is 4.79 Å². The molecule has 0 aromatic heterocycles. The molecule has 1 aliphatic rings. The molecule has 0 aromatic rings. The van der Waals surface area contributed by atoms with Gasteiger partial charge in [0, 0.05) is 12.0 Å². The van der Waals surface area contributed by atoms with Crippen molar-refractivity contribution in [2.45, 2.75) is 60.3 Å². The van der Waals surface area contributed by atoms with Crippen LogP contribution in [0.4, 0.5) is 0 Å². The van der Waals surface area contributed by atoms with Gasteiger partial charge in [-0.25, -0.2) is 0 Å². The molecule has 0 aliphatic carbocycles. The number of likely N-dealkylation sites (tertiary alicyclic amines) is 1. The molecule has 0 aromatic carbocycles. The zero-order valence-corrected chi connectivity index (χ0v) is 13.0. The predicted molar refractivity (Wildman–Crippen MR) is 77.7 cm³/mol. The Bertz CT molecular complexity index is 269. The van der Waals surface area contributed by atoms with Gasteiger partial charge < -0.3 is 9.69 Å². The van der Waals surface area contributed by atoms with E-state index in [1.54, 1.807) is 0 Å². The highest BCUT2D eigenvalue weighted by molar-refractivity contribution is 5.58. The van der Waals surface area contributed by atoms with Crippen molar-refractivity contribution in [1.82, 2.24) is 4.90 Å². The molecule has 1 heterocycles. The number of nitrogens with zero attached hydrogens (tertiary/aromatic N) is 1. The van der Waals surface area contributed by atoms with E-state index < -0.39 is 0 Å². The van der Waals surface area contributed by atoms with Crippen LogP contribution in [0.2, 0.25) is 0 Å². The smallest absolute Gasteiger partial charge is 0.127 e. The monoisotopic (exact) mass is 253 g/mol. The van der Waals surface area contributed by atoms with Crippen LogP contribution in [-0.4, -0.2) is 30.8 Å². The molecule has 1 fully saturated rings. The third kappa shape index (κ3) is 4.38. The van der Waals surface area contributed by atoms with Gasteiger partial charge in [-0.1, -0.05) is 34.6 Å². The molecule has 1 rings (SSSR count). The number of aldehydes is 1. The Morgan fingerprint density at radius 1 is 1.17 bits per heavy atom. The molecule has 2 atom stereocenters. The van der Waals surface area contributed by atoms with Crippen molar-refractivity contribution in [3.05, 3.63) is 0 Å². The SMILES string of the molecule is CCC(C)(C=O)CN1CCCC(C(C)(C)C)CC1. The summed E-state index contributed by atoms with van der Waals surface area (Å²) in [6.45, 7) is 14.5. The maximum absolute atomic E-state index is 11.2. The van der Waals surface area contributed by atoms with Crippen molar-refractivity contribution in [3.63, 3.8) is 0 Å². The lowest BCUT2D eigenvalue weighted by molar-refractivity contribution is -0.116. The predicted octanol–water partition coefficient (Wildman–Crippen LogP) is 3.75. The second kappa shape index (κ2) is 6.18.